The largest absolute Gasteiger partial charge is 0.453 e. The van der Waals surface area contributed by atoms with Gasteiger partial charge in [-0.15, -0.1) is 0 Å². The lowest BCUT2D eigenvalue weighted by atomic mass is 10.1. The quantitative estimate of drug-likeness (QED) is 0.730. The van der Waals surface area contributed by atoms with Crippen LogP contribution in [0.4, 0.5) is 11.4 Å². The zero-order chi connectivity index (χ0) is 13.4. The maximum absolute atomic E-state index is 5.99. The molecule has 0 saturated carbocycles. The van der Waals surface area contributed by atoms with Crippen molar-refractivity contribution in [1.82, 2.24) is 0 Å². The van der Waals surface area contributed by atoms with Gasteiger partial charge in [0.25, 0.3) is 0 Å². The number of fused-ring (bicyclic) bond motifs is 2. The van der Waals surface area contributed by atoms with Crippen LogP contribution in [0.2, 0.25) is 0 Å². The van der Waals surface area contributed by atoms with E-state index >= 15 is 0 Å². The summed E-state index contributed by atoms with van der Waals surface area (Å²) >= 11 is 0. The van der Waals surface area contributed by atoms with Crippen molar-refractivity contribution in [3.63, 3.8) is 0 Å². The second-order valence-electron chi connectivity index (χ2n) is 4.94. The fraction of sp³-hybridized carbons (Fsp3) is 0.176. The van der Waals surface area contributed by atoms with Gasteiger partial charge in [0.05, 0.1) is 30.6 Å². The van der Waals surface area contributed by atoms with E-state index in [1.165, 1.54) is 0 Å². The molecule has 2 aromatic rings. The van der Waals surface area contributed by atoms with Gasteiger partial charge in [0.2, 0.25) is 0 Å². The highest BCUT2D eigenvalue weighted by Gasteiger charge is 2.29. The van der Waals surface area contributed by atoms with E-state index in [1.54, 1.807) is 0 Å². The minimum Gasteiger partial charge on any atom is -0.453 e. The first-order valence-corrected chi connectivity index (χ1v) is 6.83. The Morgan fingerprint density at radius 1 is 0.900 bits per heavy atom. The van der Waals surface area contributed by atoms with Crippen molar-refractivity contribution in [2.75, 3.05) is 18.1 Å². The number of hydrogen-bond acceptors (Lipinski definition) is 3. The normalized spacial score (nSPS) is 20.0. The Bertz CT molecular complexity index is 620. The molecule has 2 aliphatic rings. The van der Waals surface area contributed by atoms with Crippen molar-refractivity contribution in [1.29, 1.82) is 0 Å². The molecule has 100 valence electrons. The third-order valence-corrected chi connectivity index (χ3v) is 3.66. The van der Waals surface area contributed by atoms with Crippen LogP contribution in [0.15, 0.2) is 60.7 Å². The monoisotopic (exact) mass is 265 g/mol. The van der Waals surface area contributed by atoms with Crippen LogP contribution < -0.4 is 9.64 Å². The average Bonchev–Trinajstić information content (AvgIpc) is 2.53. The van der Waals surface area contributed by atoms with E-state index in [9.17, 15) is 0 Å². The first-order chi connectivity index (χ1) is 9.93. The molecular weight excluding hydrogens is 250 g/mol. The van der Waals surface area contributed by atoms with Crippen LogP contribution >= 0.6 is 0 Å². The molecule has 3 nitrogen and oxygen atoms in total. The van der Waals surface area contributed by atoms with E-state index in [4.69, 9.17) is 9.47 Å². The van der Waals surface area contributed by atoms with Gasteiger partial charge in [-0.25, -0.2) is 0 Å². The summed E-state index contributed by atoms with van der Waals surface area (Å²) in [4.78, 5) is 2.30. The molecule has 0 aromatic heterocycles. The van der Waals surface area contributed by atoms with E-state index in [0.717, 1.165) is 22.9 Å². The molecule has 2 aromatic carbocycles. The van der Waals surface area contributed by atoms with Crippen molar-refractivity contribution < 1.29 is 9.47 Å². The predicted molar refractivity (Wildman–Crippen MR) is 78.8 cm³/mol. The molecule has 0 unspecified atom stereocenters. The molecule has 3 heteroatoms. The van der Waals surface area contributed by atoms with Gasteiger partial charge in [0, 0.05) is 0 Å². The molecule has 0 fully saturated rings. The van der Waals surface area contributed by atoms with Crippen LogP contribution in [0.3, 0.4) is 0 Å². The van der Waals surface area contributed by atoms with Crippen LogP contribution in [0.25, 0.3) is 0 Å². The Labute approximate surface area is 118 Å². The van der Waals surface area contributed by atoms with Crippen LogP contribution in [-0.4, -0.2) is 19.3 Å². The summed E-state index contributed by atoms with van der Waals surface area (Å²) in [7, 11) is 0. The summed E-state index contributed by atoms with van der Waals surface area (Å²) in [6, 6.07) is 16.5. The van der Waals surface area contributed by atoms with Gasteiger partial charge < -0.3 is 14.4 Å². The second-order valence-corrected chi connectivity index (χ2v) is 4.94. The predicted octanol–water partition coefficient (Wildman–Crippen LogP) is 3.89. The molecule has 0 saturated heterocycles. The van der Waals surface area contributed by atoms with E-state index in [2.05, 4.69) is 29.2 Å². The highest BCUT2D eigenvalue weighted by atomic mass is 16.5. The Morgan fingerprint density at radius 3 is 2.15 bits per heavy atom. The van der Waals surface area contributed by atoms with Crippen LogP contribution in [0.1, 0.15) is 0 Å². The van der Waals surface area contributed by atoms with Crippen LogP contribution in [0.5, 0.6) is 11.5 Å². The lowest BCUT2D eigenvalue weighted by Gasteiger charge is -2.38. The molecule has 1 atom stereocenters. The maximum atomic E-state index is 5.99. The topological polar surface area (TPSA) is 21.7 Å². The van der Waals surface area contributed by atoms with E-state index in [-0.39, 0.29) is 6.04 Å². The van der Waals surface area contributed by atoms with Crippen molar-refractivity contribution in [3.8, 4) is 11.5 Å². The van der Waals surface area contributed by atoms with Gasteiger partial charge in [-0.1, -0.05) is 36.4 Å². The Balaban J connectivity index is 1.87. The van der Waals surface area contributed by atoms with Crippen LogP contribution in [0, 0.1) is 0 Å². The van der Waals surface area contributed by atoms with E-state index < -0.39 is 0 Å². The number of ether oxygens (including phenoxy) is 2. The fourth-order valence-corrected chi connectivity index (χ4v) is 2.78. The van der Waals surface area contributed by atoms with Gasteiger partial charge in [-0.2, -0.15) is 0 Å². The van der Waals surface area contributed by atoms with Crippen LogP contribution in [-0.2, 0) is 4.74 Å². The lowest BCUT2D eigenvalue weighted by molar-refractivity contribution is 0.146. The molecule has 2 aliphatic heterocycles. The molecule has 0 spiro atoms. The third kappa shape index (κ3) is 1.79. The minimum atomic E-state index is 0.204. The molecule has 0 radical (unpaired) electrons. The Morgan fingerprint density at radius 2 is 1.55 bits per heavy atom. The summed E-state index contributed by atoms with van der Waals surface area (Å²) in [5.74, 6) is 1.79. The number of rotatable bonds is 1. The van der Waals surface area contributed by atoms with Gasteiger partial charge in [-0.3, -0.25) is 0 Å². The van der Waals surface area contributed by atoms with Crippen molar-refractivity contribution in [2.24, 2.45) is 0 Å². The molecule has 0 aliphatic carbocycles. The highest BCUT2D eigenvalue weighted by Crippen LogP contribution is 2.47. The first kappa shape index (κ1) is 11.6. The van der Waals surface area contributed by atoms with Gasteiger partial charge in [0.15, 0.2) is 11.5 Å². The smallest absolute Gasteiger partial charge is 0.151 e. The molecule has 20 heavy (non-hydrogen) atoms. The molecule has 4 rings (SSSR count). The summed E-state index contributed by atoms with van der Waals surface area (Å²) in [6.07, 6.45) is 4.29. The zero-order valence-corrected chi connectivity index (χ0v) is 11.0. The first-order valence-electron chi connectivity index (χ1n) is 6.83. The summed E-state index contributed by atoms with van der Waals surface area (Å²) < 4.78 is 11.6. The van der Waals surface area contributed by atoms with Crippen molar-refractivity contribution in [3.05, 3.63) is 60.7 Å². The molecular formula is C17H15NO2. The highest BCUT2D eigenvalue weighted by molar-refractivity contribution is 5.78. The lowest BCUT2D eigenvalue weighted by Crippen LogP contribution is -2.37. The molecule has 0 bridgehead atoms. The van der Waals surface area contributed by atoms with Gasteiger partial charge in [0.1, 0.15) is 0 Å². The number of nitrogens with zero attached hydrogens (tertiary/aromatic N) is 1. The fourth-order valence-electron chi connectivity index (χ4n) is 2.78. The second kappa shape index (κ2) is 4.69. The SMILES string of the molecule is C1=C[C@H](N2c3ccccc3Oc3ccccc32)COC1. The van der Waals surface area contributed by atoms with E-state index in [0.29, 0.717) is 13.2 Å². The molecule has 0 amide bonds. The Kier molecular flexibility index (Phi) is 2.71. The van der Waals surface area contributed by atoms with Crippen molar-refractivity contribution >= 4 is 11.4 Å². The summed E-state index contributed by atoms with van der Waals surface area (Å²) in [5.41, 5.74) is 2.18. The summed E-state index contributed by atoms with van der Waals surface area (Å²) in [5, 5.41) is 0. The molecule has 2 heterocycles. The third-order valence-electron chi connectivity index (χ3n) is 3.66. The maximum Gasteiger partial charge on any atom is 0.151 e. The summed E-state index contributed by atoms with van der Waals surface area (Å²) in [6.45, 7) is 1.39. The van der Waals surface area contributed by atoms with Gasteiger partial charge >= 0.3 is 0 Å². The number of para-hydroxylation sites is 4. The number of hydrogen-bond donors (Lipinski definition) is 0. The van der Waals surface area contributed by atoms with Crippen molar-refractivity contribution in [2.45, 2.75) is 6.04 Å². The number of benzene rings is 2. The average molecular weight is 265 g/mol. The minimum absolute atomic E-state index is 0.204. The van der Waals surface area contributed by atoms with E-state index in [1.807, 2.05) is 36.4 Å². The van der Waals surface area contributed by atoms with Gasteiger partial charge in [-0.05, 0) is 24.3 Å². The standard InChI is InChI=1S/C17H15NO2/c1-3-9-16-14(7-1)18(13-6-5-11-19-12-13)15-8-2-4-10-17(15)20-16/h1-10,13H,11-12H2/t13-/m0/s1. The Hall–Kier alpha value is -2.26. The molecule has 0 N–H and O–H groups in total. The zero-order valence-electron chi connectivity index (χ0n) is 11.0. The number of anilines is 2.